The molecule has 1 aliphatic heterocycles. The molecule has 114 valence electrons. The molecule has 1 N–H and O–H groups in total. The first kappa shape index (κ1) is 15.2. The van der Waals surface area contributed by atoms with Crippen molar-refractivity contribution in [2.45, 2.75) is 6.42 Å². The van der Waals surface area contributed by atoms with E-state index in [9.17, 15) is 4.79 Å². The van der Waals surface area contributed by atoms with Gasteiger partial charge in [-0.05, 0) is 30.3 Å². The summed E-state index contributed by atoms with van der Waals surface area (Å²) in [4.78, 5) is 12.3. The zero-order chi connectivity index (χ0) is 15.5. The minimum absolute atomic E-state index is 0.271. The van der Waals surface area contributed by atoms with Gasteiger partial charge in [-0.3, -0.25) is 4.79 Å². The van der Waals surface area contributed by atoms with Crippen LogP contribution in [0.2, 0.25) is 5.02 Å². The van der Waals surface area contributed by atoms with Crippen LogP contribution in [0.5, 0.6) is 11.5 Å². The molecule has 0 aromatic heterocycles. The molecular formula is C16H13BrClNO3. The number of amides is 1. The molecule has 22 heavy (non-hydrogen) atoms. The third kappa shape index (κ3) is 3.36. The summed E-state index contributed by atoms with van der Waals surface area (Å²) in [7, 11) is 0. The highest BCUT2D eigenvalue weighted by Gasteiger charge is 2.14. The molecule has 1 aliphatic rings. The smallest absolute Gasteiger partial charge is 0.257 e. The van der Waals surface area contributed by atoms with E-state index in [1.807, 2.05) is 0 Å². The molecule has 0 radical (unpaired) electrons. The maximum absolute atomic E-state index is 12.3. The van der Waals surface area contributed by atoms with E-state index in [2.05, 4.69) is 21.2 Å². The van der Waals surface area contributed by atoms with Crippen LogP contribution in [0.4, 0.5) is 5.69 Å². The largest absolute Gasteiger partial charge is 0.490 e. The number of rotatable bonds is 2. The van der Waals surface area contributed by atoms with Crippen LogP contribution >= 0.6 is 27.5 Å². The zero-order valence-electron chi connectivity index (χ0n) is 11.6. The number of hydrogen-bond acceptors (Lipinski definition) is 3. The van der Waals surface area contributed by atoms with E-state index in [1.165, 1.54) is 0 Å². The second-order valence-corrected chi connectivity index (χ2v) is 6.11. The molecule has 1 heterocycles. The number of nitrogens with one attached hydrogen (secondary N) is 1. The number of hydrogen-bond donors (Lipinski definition) is 1. The molecule has 0 fully saturated rings. The molecule has 4 nitrogen and oxygen atoms in total. The predicted molar refractivity (Wildman–Crippen MR) is 89.2 cm³/mol. The summed E-state index contributed by atoms with van der Waals surface area (Å²) in [6.45, 7) is 1.23. The van der Waals surface area contributed by atoms with Crippen LogP contribution in [0.1, 0.15) is 16.8 Å². The van der Waals surface area contributed by atoms with Crippen LogP contribution in [0, 0.1) is 0 Å². The molecule has 3 rings (SSSR count). The first-order valence-corrected chi connectivity index (χ1v) is 7.96. The second-order valence-electron chi connectivity index (χ2n) is 4.79. The number of carbonyl (C=O) groups excluding carboxylic acids is 1. The van der Waals surface area contributed by atoms with Crippen LogP contribution in [-0.2, 0) is 0 Å². The fraction of sp³-hybridized carbons (Fsp3) is 0.188. The van der Waals surface area contributed by atoms with Gasteiger partial charge in [-0.15, -0.1) is 0 Å². The number of carbonyl (C=O) groups is 1. The van der Waals surface area contributed by atoms with Gasteiger partial charge in [0.1, 0.15) is 0 Å². The van der Waals surface area contributed by atoms with E-state index < -0.39 is 0 Å². The van der Waals surface area contributed by atoms with Crippen molar-refractivity contribution < 1.29 is 14.3 Å². The van der Waals surface area contributed by atoms with E-state index in [1.54, 1.807) is 36.4 Å². The van der Waals surface area contributed by atoms with Crippen molar-refractivity contribution in [2.75, 3.05) is 18.5 Å². The summed E-state index contributed by atoms with van der Waals surface area (Å²) < 4.78 is 12.0. The average Bonchev–Trinajstić information content (AvgIpc) is 2.71. The Labute approximate surface area is 141 Å². The molecule has 2 aromatic carbocycles. The number of anilines is 1. The summed E-state index contributed by atoms with van der Waals surface area (Å²) in [5.74, 6) is 1.06. The lowest BCUT2D eigenvalue weighted by atomic mass is 10.2. The average molecular weight is 383 g/mol. The fourth-order valence-electron chi connectivity index (χ4n) is 2.11. The van der Waals surface area contributed by atoms with Gasteiger partial charge in [0.15, 0.2) is 11.5 Å². The van der Waals surface area contributed by atoms with Crippen molar-refractivity contribution in [3.05, 3.63) is 51.5 Å². The Kier molecular flexibility index (Phi) is 4.55. The number of halogens is 2. The molecule has 0 spiro atoms. The Balaban J connectivity index is 1.80. The van der Waals surface area contributed by atoms with Gasteiger partial charge >= 0.3 is 0 Å². The van der Waals surface area contributed by atoms with Gasteiger partial charge in [0.25, 0.3) is 5.91 Å². The van der Waals surface area contributed by atoms with Gasteiger partial charge in [0.05, 0.1) is 23.8 Å². The van der Waals surface area contributed by atoms with Crippen molar-refractivity contribution in [3.8, 4) is 11.5 Å². The van der Waals surface area contributed by atoms with Crippen molar-refractivity contribution in [1.29, 1.82) is 0 Å². The normalized spacial score (nSPS) is 13.4. The van der Waals surface area contributed by atoms with E-state index in [4.69, 9.17) is 21.1 Å². The standard InChI is InChI=1S/C16H13BrClNO3/c17-10-2-4-12(13(18)8-10)16(20)19-11-3-5-14-15(9-11)22-7-1-6-21-14/h2-5,8-9H,1,6-7H2,(H,19,20). The molecule has 0 bridgehead atoms. The topological polar surface area (TPSA) is 47.6 Å². The lowest BCUT2D eigenvalue weighted by molar-refractivity contribution is 0.102. The minimum Gasteiger partial charge on any atom is -0.490 e. The van der Waals surface area contributed by atoms with Gasteiger partial charge in [0.2, 0.25) is 0 Å². The van der Waals surface area contributed by atoms with E-state index in [-0.39, 0.29) is 5.91 Å². The Hall–Kier alpha value is -1.72. The van der Waals surface area contributed by atoms with Gasteiger partial charge in [-0.2, -0.15) is 0 Å². The minimum atomic E-state index is -0.271. The van der Waals surface area contributed by atoms with Gasteiger partial charge in [0, 0.05) is 22.6 Å². The maximum Gasteiger partial charge on any atom is 0.257 e. The molecular weight excluding hydrogens is 370 g/mol. The Morgan fingerprint density at radius 1 is 1.09 bits per heavy atom. The summed E-state index contributed by atoms with van der Waals surface area (Å²) in [5, 5.41) is 3.20. The van der Waals surface area contributed by atoms with Crippen LogP contribution in [0.3, 0.4) is 0 Å². The van der Waals surface area contributed by atoms with Crippen LogP contribution in [-0.4, -0.2) is 19.1 Å². The number of benzene rings is 2. The van der Waals surface area contributed by atoms with Crippen molar-refractivity contribution >= 4 is 39.1 Å². The highest BCUT2D eigenvalue weighted by atomic mass is 79.9. The third-order valence-corrected chi connectivity index (χ3v) is 3.99. The third-order valence-electron chi connectivity index (χ3n) is 3.18. The fourth-order valence-corrected chi connectivity index (χ4v) is 2.87. The Morgan fingerprint density at radius 3 is 2.64 bits per heavy atom. The Morgan fingerprint density at radius 2 is 1.86 bits per heavy atom. The highest BCUT2D eigenvalue weighted by molar-refractivity contribution is 9.10. The number of ether oxygens (including phenoxy) is 2. The van der Waals surface area contributed by atoms with Crippen molar-refractivity contribution in [2.24, 2.45) is 0 Å². The van der Waals surface area contributed by atoms with E-state index >= 15 is 0 Å². The maximum atomic E-state index is 12.3. The molecule has 6 heteroatoms. The van der Waals surface area contributed by atoms with Crippen molar-refractivity contribution in [3.63, 3.8) is 0 Å². The monoisotopic (exact) mass is 381 g/mol. The van der Waals surface area contributed by atoms with Crippen LogP contribution < -0.4 is 14.8 Å². The quantitative estimate of drug-likeness (QED) is 0.831. The predicted octanol–water partition coefficient (Wildman–Crippen LogP) is 4.52. The lowest BCUT2D eigenvalue weighted by Crippen LogP contribution is -2.12. The van der Waals surface area contributed by atoms with Gasteiger partial charge in [-0.1, -0.05) is 27.5 Å². The lowest BCUT2D eigenvalue weighted by Gasteiger charge is -2.11. The first-order valence-electron chi connectivity index (χ1n) is 6.79. The van der Waals surface area contributed by atoms with Gasteiger partial charge < -0.3 is 14.8 Å². The first-order chi connectivity index (χ1) is 10.6. The zero-order valence-corrected chi connectivity index (χ0v) is 13.9. The van der Waals surface area contributed by atoms with Gasteiger partial charge in [-0.25, -0.2) is 0 Å². The molecule has 0 unspecified atom stereocenters. The molecule has 1 amide bonds. The molecule has 2 aromatic rings. The van der Waals surface area contributed by atoms with E-state index in [0.29, 0.717) is 41.0 Å². The molecule has 0 saturated carbocycles. The Bertz CT molecular complexity index is 721. The summed E-state index contributed by atoms with van der Waals surface area (Å²) in [6.07, 6.45) is 0.838. The molecule has 0 atom stereocenters. The summed E-state index contributed by atoms with van der Waals surface area (Å²) in [6, 6.07) is 10.5. The summed E-state index contributed by atoms with van der Waals surface area (Å²) in [5.41, 5.74) is 1.05. The second kappa shape index (κ2) is 6.58. The van der Waals surface area contributed by atoms with E-state index in [0.717, 1.165) is 10.9 Å². The molecule has 0 aliphatic carbocycles. The molecule has 0 saturated heterocycles. The van der Waals surface area contributed by atoms with Crippen LogP contribution in [0.25, 0.3) is 0 Å². The van der Waals surface area contributed by atoms with Crippen molar-refractivity contribution in [1.82, 2.24) is 0 Å². The highest BCUT2D eigenvalue weighted by Crippen LogP contribution is 2.32. The number of fused-ring (bicyclic) bond motifs is 1. The SMILES string of the molecule is O=C(Nc1ccc2c(c1)OCCCO2)c1ccc(Br)cc1Cl. The summed E-state index contributed by atoms with van der Waals surface area (Å²) >= 11 is 9.41. The van der Waals surface area contributed by atoms with Crippen LogP contribution in [0.15, 0.2) is 40.9 Å².